The Labute approximate surface area is 79.7 Å². The number of rotatable bonds is 4. The molecule has 0 bridgehead atoms. The van der Waals surface area contributed by atoms with E-state index in [9.17, 15) is 0 Å². The fourth-order valence-electron chi connectivity index (χ4n) is 1.12. The minimum Gasteiger partial charge on any atom is -0.371 e. The SMILES string of the molecule is CN(CC=CCN)c1ccccc1. The highest BCUT2D eigenvalue weighted by molar-refractivity contribution is 5.45. The summed E-state index contributed by atoms with van der Waals surface area (Å²) < 4.78 is 0. The van der Waals surface area contributed by atoms with Gasteiger partial charge in [0.25, 0.3) is 0 Å². The second kappa shape index (κ2) is 5.38. The molecule has 0 radical (unpaired) electrons. The van der Waals surface area contributed by atoms with Crippen LogP contribution < -0.4 is 10.6 Å². The molecular weight excluding hydrogens is 160 g/mol. The van der Waals surface area contributed by atoms with Crippen molar-refractivity contribution in [3.05, 3.63) is 42.5 Å². The lowest BCUT2D eigenvalue weighted by Gasteiger charge is -2.16. The highest BCUT2D eigenvalue weighted by atomic mass is 15.1. The molecule has 0 saturated carbocycles. The Kier molecular flexibility index (Phi) is 4.06. The van der Waals surface area contributed by atoms with Crippen LogP contribution in [0.2, 0.25) is 0 Å². The topological polar surface area (TPSA) is 29.3 Å². The average molecular weight is 176 g/mol. The Morgan fingerprint density at radius 1 is 1.23 bits per heavy atom. The predicted molar refractivity (Wildman–Crippen MR) is 57.9 cm³/mol. The molecule has 0 heterocycles. The third-order valence-corrected chi connectivity index (χ3v) is 1.88. The van der Waals surface area contributed by atoms with Gasteiger partial charge in [0.05, 0.1) is 0 Å². The van der Waals surface area contributed by atoms with E-state index in [1.807, 2.05) is 24.3 Å². The van der Waals surface area contributed by atoms with Gasteiger partial charge in [-0.15, -0.1) is 0 Å². The summed E-state index contributed by atoms with van der Waals surface area (Å²) in [7, 11) is 2.07. The van der Waals surface area contributed by atoms with Crippen LogP contribution in [0.5, 0.6) is 0 Å². The van der Waals surface area contributed by atoms with E-state index >= 15 is 0 Å². The van der Waals surface area contributed by atoms with Crippen molar-refractivity contribution < 1.29 is 0 Å². The molecule has 0 atom stereocenters. The minimum absolute atomic E-state index is 0.614. The molecule has 0 aliphatic heterocycles. The van der Waals surface area contributed by atoms with Crippen LogP contribution in [0.1, 0.15) is 0 Å². The quantitative estimate of drug-likeness (QED) is 0.707. The Balaban J connectivity index is 2.49. The van der Waals surface area contributed by atoms with Crippen molar-refractivity contribution in [2.75, 3.05) is 25.0 Å². The van der Waals surface area contributed by atoms with Crippen molar-refractivity contribution in [1.82, 2.24) is 0 Å². The lowest BCUT2D eigenvalue weighted by Crippen LogP contribution is -2.16. The standard InChI is InChI=1S/C11H16N2/c1-13(10-6-5-9-12)11-7-3-2-4-8-11/h2-8H,9-10,12H2,1H3. The summed E-state index contributed by atoms with van der Waals surface area (Å²) in [6.45, 7) is 1.52. The first-order valence-corrected chi connectivity index (χ1v) is 4.46. The first kappa shape index (κ1) is 9.81. The van der Waals surface area contributed by atoms with E-state index in [2.05, 4.69) is 30.2 Å². The zero-order valence-corrected chi connectivity index (χ0v) is 7.98. The van der Waals surface area contributed by atoms with Gasteiger partial charge in [0.2, 0.25) is 0 Å². The van der Waals surface area contributed by atoms with Gasteiger partial charge in [-0.05, 0) is 12.1 Å². The second-order valence-electron chi connectivity index (χ2n) is 2.92. The number of hydrogen-bond donors (Lipinski definition) is 1. The fraction of sp³-hybridized carbons (Fsp3) is 0.273. The summed E-state index contributed by atoms with van der Waals surface area (Å²) in [5.41, 5.74) is 6.57. The Hall–Kier alpha value is -1.28. The van der Waals surface area contributed by atoms with Gasteiger partial charge in [0, 0.05) is 25.8 Å². The minimum atomic E-state index is 0.614. The molecule has 2 nitrogen and oxygen atoms in total. The highest BCUT2D eigenvalue weighted by Gasteiger charge is 1.94. The van der Waals surface area contributed by atoms with Crippen LogP contribution in [0, 0.1) is 0 Å². The normalized spacial score (nSPS) is 10.6. The lowest BCUT2D eigenvalue weighted by molar-refractivity contribution is 1.02. The van der Waals surface area contributed by atoms with Crippen LogP contribution in [0.25, 0.3) is 0 Å². The fourth-order valence-corrected chi connectivity index (χ4v) is 1.12. The molecule has 0 fully saturated rings. The summed E-state index contributed by atoms with van der Waals surface area (Å²) in [6.07, 6.45) is 4.05. The monoisotopic (exact) mass is 176 g/mol. The summed E-state index contributed by atoms with van der Waals surface area (Å²) in [6, 6.07) is 10.3. The van der Waals surface area contributed by atoms with Gasteiger partial charge in [0.15, 0.2) is 0 Å². The van der Waals surface area contributed by atoms with Crippen molar-refractivity contribution >= 4 is 5.69 Å². The number of benzene rings is 1. The summed E-state index contributed by atoms with van der Waals surface area (Å²) in [4.78, 5) is 2.17. The Morgan fingerprint density at radius 3 is 2.54 bits per heavy atom. The molecule has 0 aliphatic carbocycles. The number of likely N-dealkylation sites (N-methyl/N-ethyl adjacent to an activating group) is 1. The average Bonchev–Trinajstić information content (AvgIpc) is 2.19. The molecule has 1 aromatic carbocycles. The van der Waals surface area contributed by atoms with Crippen LogP contribution in [0.15, 0.2) is 42.5 Å². The molecule has 2 heteroatoms. The van der Waals surface area contributed by atoms with Crippen molar-refractivity contribution in [1.29, 1.82) is 0 Å². The highest BCUT2D eigenvalue weighted by Crippen LogP contribution is 2.09. The lowest BCUT2D eigenvalue weighted by atomic mass is 10.3. The molecule has 1 rings (SSSR count). The number of para-hydroxylation sites is 1. The van der Waals surface area contributed by atoms with E-state index in [4.69, 9.17) is 5.73 Å². The van der Waals surface area contributed by atoms with Crippen LogP contribution in [-0.4, -0.2) is 20.1 Å². The van der Waals surface area contributed by atoms with Gasteiger partial charge in [-0.25, -0.2) is 0 Å². The van der Waals surface area contributed by atoms with Crippen molar-refractivity contribution in [3.8, 4) is 0 Å². The van der Waals surface area contributed by atoms with Crippen LogP contribution in [0.3, 0.4) is 0 Å². The number of anilines is 1. The summed E-state index contributed by atoms with van der Waals surface area (Å²) in [5, 5.41) is 0. The molecule has 0 aliphatic rings. The van der Waals surface area contributed by atoms with E-state index in [-0.39, 0.29) is 0 Å². The van der Waals surface area contributed by atoms with Crippen molar-refractivity contribution in [2.45, 2.75) is 0 Å². The van der Waals surface area contributed by atoms with Crippen molar-refractivity contribution in [3.63, 3.8) is 0 Å². The molecule has 0 saturated heterocycles. The van der Waals surface area contributed by atoms with E-state index in [1.54, 1.807) is 0 Å². The smallest absolute Gasteiger partial charge is 0.0366 e. The zero-order valence-electron chi connectivity index (χ0n) is 7.98. The first-order chi connectivity index (χ1) is 6.34. The molecule has 70 valence electrons. The van der Waals surface area contributed by atoms with E-state index in [1.165, 1.54) is 5.69 Å². The third-order valence-electron chi connectivity index (χ3n) is 1.88. The number of nitrogens with two attached hydrogens (primary N) is 1. The van der Waals surface area contributed by atoms with Gasteiger partial charge < -0.3 is 10.6 Å². The Morgan fingerprint density at radius 2 is 1.92 bits per heavy atom. The number of hydrogen-bond acceptors (Lipinski definition) is 2. The first-order valence-electron chi connectivity index (χ1n) is 4.46. The van der Waals surface area contributed by atoms with Crippen LogP contribution >= 0.6 is 0 Å². The summed E-state index contributed by atoms with van der Waals surface area (Å²) in [5.74, 6) is 0. The van der Waals surface area contributed by atoms with Crippen LogP contribution in [-0.2, 0) is 0 Å². The maximum absolute atomic E-state index is 5.35. The van der Waals surface area contributed by atoms with Gasteiger partial charge in [-0.2, -0.15) is 0 Å². The second-order valence-corrected chi connectivity index (χ2v) is 2.92. The molecule has 0 unspecified atom stereocenters. The van der Waals surface area contributed by atoms with Gasteiger partial charge in [0.1, 0.15) is 0 Å². The molecule has 0 amide bonds. The van der Waals surface area contributed by atoms with Gasteiger partial charge in [-0.3, -0.25) is 0 Å². The van der Waals surface area contributed by atoms with E-state index in [0.29, 0.717) is 6.54 Å². The third kappa shape index (κ3) is 3.30. The molecule has 1 aromatic rings. The summed E-state index contributed by atoms with van der Waals surface area (Å²) >= 11 is 0. The largest absolute Gasteiger partial charge is 0.371 e. The van der Waals surface area contributed by atoms with Crippen LogP contribution in [0.4, 0.5) is 5.69 Å². The van der Waals surface area contributed by atoms with Crippen molar-refractivity contribution in [2.24, 2.45) is 5.73 Å². The maximum Gasteiger partial charge on any atom is 0.0366 e. The number of nitrogens with zero attached hydrogens (tertiary/aromatic N) is 1. The molecule has 2 N–H and O–H groups in total. The predicted octanol–water partition coefficient (Wildman–Crippen LogP) is 1.64. The van der Waals surface area contributed by atoms with E-state index in [0.717, 1.165) is 6.54 Å². The van der Waals surface area contributed by atoms with E-state index < -0.39 is 0 Å². The zero-order chi connectivity index (χ0) is 9.52. The maximum atomic E-state index is 5.35. The molecule has 13 heavy (non-hydrogen) atoms. The Bertz CT molecular complexity index is 254. The van der Waals surface area contributed by atoms with Gasteiger partial charge in [-0.1, -0.05) is 30.4 Å². The molecule has 0 aromatic heterocycles. The molecular formula is C11H16N2. The van der Waals surface area contributed by atoms with Gasteiger partial charge >= 0.3 is 0 Å². The molecule has 0 spiro atoms.